The molecule has 1 aliphatic rings. The highest BCUT2D eigenvalue weighted by molar-refractivity contribution is 9.10. The van der Waals surface area contributed by atoms with E-state index in [0.717, 1.165) is 0 Å². The fraction of sp³-hybridized carbons (Fsp3) is 0.400. The van der Waals surface area contributed by atoms with E-state index >= 15 is 0 Å². The summed E-state index contributed by atoms with van der Waals surface area (Å²) < 4.78 is 19.0. The lowest BCUT2D eigenvalue weighted by atomic mass is 10.2. The number of hydrogen-bond acceptors (Lipinski definition) is 3. The van der Waals surface area contributed by atoms with Crippen molar-refractivity contribution in [1.29, 1.82) is 0 Å². The van der Waals surface area contributed by atoms with E-state index in [0.29, 0.717) is 23.3 Å². The number of halogens is 2. The van der Waals surface area contributed by atoms with E-state index in [-0.39, 0.29) is 11.9 Å². The SMILES string of the molecule is OC1CNCC1Oc1ccc(Br)c(F)c1. The lowest BCUT2D eigenvalue weighted by Crippen LogP contribution is -2.29. The van der Waals surface area contributed by atoms with Crippen LogP contribution in [0.3, 0.4) is 0 Å². The van der Waals surface area contributed by atoms with Crippen molar-refractivity contribution in [2.24, 2.45) is 0 Å². The van der Waals surface area contributed by atoms with E-state index in [4.69, 9.17) is 4.74 Å². The second kappa shape index (κ2) is 4.47. The molecule has 2 unspecified atom stereocenters. The smallest absolute Gasteiger partial charge is 0.141 e. The first-order valence-electron chi connectivity index (χ1n) is 4.67. The van der Waals surface area contributed by atoms with E-state index in [1.807, 2.05) is 0 Å². The van der Waals surface area contributed by atoms with E-state index in [9.17, 15) is 9.50 Å². The molecular formula is C10H11BrFNO2. The van der Waals surface area contributed by atoms with Gasteiger partial charge in [0.15, 0.2) is 0 Å². The Bertz CT molecular complexity index is 361. The first-order valence-corrected chi connectivity index (χ1v) is 5.46. The average Bonchev–Trinajstić information content (AvgIpc) is 2.59. The third kappa shape index (κ3) is 2.48. The number of ether oxygens (including phenoxy) is 1. The molecule has 1 aliphatic heterocycles. The van der Waals surface area contributed by atoms with Gasteiger partial charge in [-0.3, -0.25) is 0 Å². The normalized spacial score (nSPS) is 25.5. The van der Waals surface area contributed by atoms with Crippen molar-refractivity contribution >= 4 is 15.9 Å². The Morgan fingerprint density at radius 3 is 2.87 bits per heavy atom. The minimum atomic E-state index is -0.531. The van der Waals surface area contributed by atoms with Crippen LogP contribution in [-0.2, 0) is 0 Å². The Kier molecular flexibility index (Phi) is 3.23. The van der Waals surface area contributed by atoms with Crippen molar-refractivity contribution in [3.05, 3.63) is 28.5 Å². The number of nitrogens with one attached hydrogen (secondary N) is 1. The van der Waals surface area contributed by atoms with Crippen LogP contribution in [-0.4, -0.2) is 30.4 Å². The van der Waals surface area contributed by atoms with Crippen LogP contribution in [0.1, 0.15) is 0 Å². The van der Waals surface area contributed by atoms with Crippen molar-refractivity contribution in [2.75, 3.05) is 13.1 Å². The van der Waals surface area contributed by atoms with Crippen molar-refractivity contribution in [3.8, 4) is 5.75 Å². The molecule has 1 saturated heterocycles. The standard InChI is InChI=1S/C10H11BrFNO2/c11-7-2-1-6(3-8(7)12)15-10-5-13-4-9(10)14/h1-3,9-10,13-14H,4-5H2. The lowest BCUT2D eigenvalue weighted by Gasteiger charge is -2.16. The number of hydrogen-bond donors (Lipinski definition) is 2. The maximum Gasteiger partial charge on any atom is 0.141 e. The molecule has 15 heavy (non-hydrogen) atoms. The van der Waals surface area contributed by atoms with Crippen molar-refractivity contribution in [2.45, 2.75) is 12.2 Å². The topological polar surface area (TPSA) is 41.5 Å². The van der Waals surface area contributed by atoms with Gasteiger partial charge in [0.25, 0.3) is 0 Å². The van der Waals surface area contributed by atoms with Gasteiger partial charge in [0.05, 0.1) is 4.47 Å². The molecule has 0 aromatic heterocycles. The average molecular weight is 276 g/mol. The zero-order valence-electron chi connectivity index (χ0n) is 7.91. The zero-order chi connectivity index (χ0) is 10.8. The van der Waals surface area contributed by atoms with E-state index in [2.05, 4.69) is 21.2 Å². The minimum absolute atomic E-state index is 0.300. The predicted molar refractivity (Wildman–Crippen MR) is 57.4 cm³/mol. The van der Waals surface area contributed by atoms with Gasteiger partial charge in [-0.1, -0.05) is 0 Å². The summed E-state index contributed by atoms with van der Waals surface area (Å²) in [5.41, 5.74) is 0. The minimum Gasteiger partial charge on any atom is -0.486 e. The van der Waals surface area contributed by atoms with Gasteiger partial charge >= 0.3 is 0 Å². The second-order valence-electron chi connectivity index (χ2n) is 3.46. The Balaban J connectivity index is 2.07. The van der Waals surface area contributed by atoms with Gasteiger partial charge in [0.1, 0.15) is 23.8 Å². The number of β-amino-alcohol motifs (C(OH)–C–C–N with tert-alkyl or cyclic N) is 1. The maximum atomic E-state index is 13.1. The molecule has 2 atom stereocenters. The second-order valence-corrected chi connectivity index (χ2v) is 4.31. The Morgan fingerprint density at radius 2 is 2.27 bits per heavy atom. The van der Waals surface area contributed by atoms with Gasteiger partial charge in [-0.15, -0.1) is 0 Å². The first-order chi connectivity index (χ1) is 7.16. The highest BCUT2D eigenvalue weighted by atomic mass is 79.9. The molecule has 2 rings (SSSR count). The van der Waals surface area contributed by atoms with Gasteiger partial charge in [0.2, 0.25) is 0 Å². The number of aliphatic hydroxyl groups is 1. The Labute approximate surface area is 95.4 Å². The summed E-state index contributed by atoms with van der Waals surface area (Å²) in [7, 11) is 0. The predicted octanol–water partition coefficient (Wildman–Crippen LogP) is 1.30. The molecule has 0 radical (unpaired) electrons. The summed E-state index contributed by atoms with van der Waals surface area (Å²) in [6, 6.07) is 4.55. The van der Waals surface area contributed by atoms with E-state index in [1.165, 1.54) is 6.07 Å². The largest absolute Gasteiger partial charge is 0.486 e. The van der Waals surface area contributed by atoms with Crippen LogP contribution in [0.25, 0.3) is 0 Å². The molecule has 0 saturated carbocycles. The quantitative estimate of drug-likeness (QED) is 0.855. The van der Waals surface area contributed by atoms with Crippen LogP contribution in [0.4, 0.5) is 4.39 Å². The van der Waals surface area contributed by atoms with Crippen LogP contribution in [0, 0.1) is 5.82 Å². The Hall–Kier alpha value is -0.650. The summed E-state index contributed by atoms with van der Waals surface area (Å²) in [4.78, 5) is 0. The van der Waals surface area contributed by atoms with Crippen LogP contribution in [0.2, 0.25) is 0 Å². The lowest BCUT2D eigenvalue weighted by molar-refractivity contribution is 0.0735. The molecule has 0 amide bonds. The molecular weight excluding hydrogens is 265 g/mol. The van der Waals surface area contributed by atoms with Gasteiger partial charge in [0, 0.05) is 19.2 Å². The Morgan fingerprint density at radius 1 is 1.47 bits per heavy atom. The van der Waals surface area contributed by atoms with Gasteiger partial charge in [-0.2, -0.15) is 0 Å². The molecule has 82 valence electrons. The number of aliphatic hydroxyl groups excluding tert-OH is 1. The zero-order valence-corrected chi connectivity index (χ0v) is 9.50. The fourth-order valence-electron chi connectivity index (χ4n) is 1.49. The highest BCUT2D eigenvalue weighted by Gasteiger charge is 2.26. The van der Waals surface area contributed by atoms with Gasteiger partial charge in [-0.25, -0.2) is 4.39 Å². The van der Waals surface area contributed by atoms with E-state index in [1.54, 1.807) is 12.1 Å². The van der Waals surface area contributed by atoms with Crippen LogP contribution in [0.15, 0.2) is 22.7 Å². The molecule has 1 aromatic rings. The highest BCUT2D eigenvalue weighted by Crippen LogP contribution is 2.22. The molecule has 0 spiro atoms. The summed E-state index contributed by atoms with van der Waals surface area (Å²) in [6.45, 7) is 1.10. The third-order valence-electron chi connectivity index (χ3n) is 2.31. The first kappa shape index (κ1) is 10.9. The molecule has 0 bridgehead atoms. The molecule has 0 aliphatic carbocycles. The fourth-order valence-corrected chi connectivity index (χ4v) is 1.73. The van der Waals surface area contributed by atoms with Crippen LogP contribution < -0.4 is 10.1 Å². The maximum absolute atomic E-state index is 13.1. The third-order valence-corrected chi connectivity index (χ3v) is 2.95. The van der Waals surface area contributed by atoms with Crippen LogP contribution in [0.5, 0.6) is 5.75 Å². The molecule has 2 N–H and O–H groups in total. The summed E-state index contributed by atoms with van der Waals surface area (Å²) >= 11 is 3.06. The molecule has 1 fully saturated rings. The van der Waals surface area contributed by atoms with Crippen LogP contribution >= 0.6 is 15.9 Å². The number of benzene rings is 1. The van der Waals surface area contributed by atoms with Crippen molar-refractivity contribution < 1.29 is 14.2 Å². The molecule has 3 nitrogen and oxygen atoms in total. The van der Waals surface area contributed by atoms with Crippen molar-refractivity contribution in [3.63, 3.8) is 0 Å². The van der Waals surface area contributed by atoms with Gasteiger partial charge in [-0.05, 0) is 28.1 Å². The monoisotopic (exact) mass is 275 g/mol. The molecule has 5 heteroatoms. The molecule has 1 aromatic carbocycles. The van der Waals surface area contributed by atoms with Gasteiger partial charge < -0.3 is 15.2 Å². The summed E-state index contributed by atoms with van der Waals surface area (Å²) in [5.74, 6) is 0.0661. The van der Waals surface area contributed by atoms with E-state index < -0.39 is 6.10 Å². The number of rotatable bonds is 2. The summed E-state index contributed by atoms with van der Waals surface area (Å²) in [6.07, 6.45) is -0.831. The van der Waals surface area contributed by atoms with Crippen molar-refractivity contribution in [1.82, 2.24) is 5.32 Å². The summed E-state index contributed by atoms with van der Waals surface area (Å²) in [5, 5.41) is 12.5. The molecule has 1 heterocycles.